The molecular formula is C22H33N5O3. The first-order valence-electron chi connectivity index (χ1n) is 11.1. The lowest BCUT2D eigenvalue weighted by molar-refractivity contribution is 0.0947. The van der Waals surface area contributed by atoms with Crippen molar-refractivity contribution in [1.82, 2.24) is 20.2 Å². The molecule has 0 unspecified atom stereocenters. The Morgan fingerprint density at radius 3 is 2.67 bits per heavy atom. The Morgan fingerprint density at radius 2 is 1.93 bits per heavy atom. The number of fused-ring (bicyclic) bond motifs is 1. The van der Waals surface area contributed by atoms with Gasteiger partial charge in [-0.3, -0.25) is 4.79 Å². The Labute approximate surface area is 178 Å². The zero-order chi connectivity index (χ0) is 21.1. The van der Waals surface area contributed by atoms with Crippen molar-refractivity contribution < 1.29 is 13.9 Å². The van der Waals surface area contributed by atoms with E-state index in [4.69, 9.17) is 9.15 Å². The first-order valence-corrected chi connectivity index (χ1v) is 11.1. The van der Waals surface area contributed by atoms with E-state index in [-0.39, 0.29) is 5.91 Å². The summed E-state index contributed by atoms with van der Waals surface area (Å²) in [5.41, 5.74) is 1.01. The summed E-state index contributed by atoms with van der Waals surface area (Å²) in [6, 6.07) is 0. The van der Waals surface area contributed by atoms with Crippen LogP contribution in [0.15, 0.2) is 10.7 Å². The van der Waals surface area contributed by atoms with Crippen molar-refractivity contribution in [3.63, 3.8) is 0 Å². The topological polar surface area (TPSA) is 83.7 Å². The van der Waals surface area contributed by atoms with E-state index < -0.39 is 0 Å². The molecule has 0 aromatic carbocycles. The molecule has 1 N–H and O–H groups in total. The van der Waals surface area contributed by atoms with Crippen LogP contribution in [0, 0.1) is 18.8 Å². The molecule has 2 aliphatic rings. The lowest BCUT2D eigenvalue weighted by atomic mass is 9.92. The van der Waals surface area contributed by atoms with Gasteiger partial charge in [-0.15, -0.1) is 0 Å². The van der Waals surface area contributed by atoms with Gasteiger partial charge in [-0.2, -0.15) is 0 Å². The van der Waals surface area contributed by atoms with E-state index in [1.807, 2.05) is 6.92 Å². The predicted octanol–water partition coefficient (Wildman–Crippen LogP) is 2.47. The Kier molecular flexibility index (Phi) is 6.53. The third-order valence-electron chi connectivity index (χ3n) is 6.06. The maximum absolute atomic E-state index is 13.0. The highest BCUT2D eigenvalue weighted by Gasteiger charge is 2.26. The van der Waals surface area contributed by atoms with Crippen LogP contribution >= 0.6 is 0 Å². The molecule has 2 aliphatic heterocycles. The zero-order valence-electron chi connectivity index (χ0n) is 18.3. The summed E-state index contributed by atoms with van der Waals surface area (Å²) in [6.07, 6.45) is 3.75. The number of aromatic nitrogens is 2. The number of amides is 1. The maximum atomic E-state index is 13.0. The van der Waals surface area contributed by atoms with Crippen LogP contribution in [-0.2, 0) is 4.74 Å². The Morgan fingerprint density at radius 1 is 1.20 bits per heavy atom. The van der Waals surface area contributed by atoms with E-state index in [1.54, 1.807) is 0 Å². The largest absolute Gasteiger partial charge is 0.442 e. The van der Waals surface area contributed by atoms with Gasteiger partial charge in [-0.05, 0) is 38.1 Å². The van der Waals surface area contributed by atoms with Gasteiger partial charge >= 0.3 is 0 Å². The fourth-order valence-electron chi connectivity index (χ4n) is 4.88. The molecule has 0 aliphatic carbocycles. The number of morpholine rings is 1. The lowest BCUT2D eigenvalue weighted by Gasteiger charge is -2.34. The summed E-state index contributed by atoms with van der Waals surface area (Å²) in [6.45, 7) is 13.2. The number of carbonyl (C=O) groups is 1. The van der Waals surface area contributed by atoms with Crippen LogP contribution < -0.4 is 10.2 Å². The lowest BCUT2D eigenvalue weighted by Crippen LogP contribution is -2.40. The molecule has 2 fully saturated rings. The van der Waals surface area contributed by atoms with Crippen LogP contribution in [0.3, 0.4) is 0 Å². The maximum Gasteiger partial charge on any atom is 0.255 e. The number of furan rings is 1. The van der Waals surface area contributed by atoms with Gasteiger partial charge in [0.15, 0.2) is 0 Å². The van der Waals surface area contributed by atoms with Gasteiger partial charge in [0.05, 0.1) is 24.2 Å². The number of carbonyl (C=O) groups excluding carboxylic acids is 1. The molecular weight excluding hydrogens is 382 g/mol. The number of piperidine rings is 1. The third-order valence-corrected chi connectivity index (χ3v) is 6.06. The summed E-state index contributed by atoms with van der Waals surface area (Å²) in [4.78, 5) is 26.4. The third kappa shape index (κ3) is 4.59. The van der Waals surface area contributed by atoms with Crippen LogP contribution in [0.25, 0.3) is 11.1 Å². The van der Waals surface area contributed by atoms with E-state index in [9.17, 15) is 4.79 Å². The van der Waals surface area contributed by atoms with Crippen molar-refractivity contribution in [3.8, 4) is 0 Å². The quantitative estimate of drug-likeness (QED) is 0.726. The van der Waals surface area contributed by atoms with Gasteiger partial charge in [-0.25, -0.2) is 9.97 Å². The van der Waals surface area contributed by atoms with Gasteiger partial charge < -0.3 is 24.3 Å². The van der Waals surface area contributed by atoms with Gasteiger partial charge in [0, 0.05) is 32.7 Å². The number of ether oxygens (including phenoxy) is 1. The molecule has 2 aromatic rings. The summed E-state index contributed by atoms with van der Waals surface area (Å²) in [7, 11) is 0. The molecule has 8 heteroatoms. The second-order valence-electron chi connectivity index (χ2n) is 8.83. The highest BCUT2D eigenvalue weighted by Crippen LogP contribution is 2.31. The van der Waals surface area contributed by atoms with Crippen molar-refractivity contribution in [2.24, 2.45) is 11.8 Å². The monoisotopic (exact) mass is 415 g/mol. The van der Waals surface area contributed by atoms with E-state index in [0.29, 0.717) is 42.2 Å². The van der Waals surface area contributed by atoms with E-state index in [2.05, 4.69) is 38.9 Å². The molecule has 164 valence electrons. The van der Waals surface area contributed by atoms with Crippen molar-refractivity contribution in [2.75, 3.05) is 57.4 Å². The fourth-order valence-corrected chi connectivity index (χ4v) is 4.88. The van der Waals surface area contributed by atoms with Crippen LogP contribution in [0.1, 0.15) is 42.8 Å². The fraction of sp³-hybridized carbons (Fsp3) is 0.682. The summed E-state index contributed by atoms with van der Waals surface area (Å²) >= 11 is 0. The average Bonchev–Trinajstić information content (AvgIpc) is 3.07. The molecule has 1 amide bonds. The van der Waals surface area contributed by atoms with E-state index in [0.717, 1.165) is 56.8 Å². The van der Waals surface area contributed by atoms with Gasteiger partial charge in [0.2, 0.25) is 5.71 Å². The van der Waals surface area contributed by atoms with Crippen molar-refractivity contribution in [3.05, 3.63) is 17.7 Å². The molecule has 30 heavy (non-hydrogen) atoms. The molecule has 2 atom stereocenters. The Bertz CT molecular complexity index is 867. The number of anilines is 1. The number of likely N-dealkylation sites (tertiary alicyclic amines) is 1. The highest BCUT2D eigenvalue weighted by atomic mass is 16.5. The number of nitrogens with one attached hydrogen (secondary N) is 1. The first kappa shape index (κ1) is 21.1. The number of hydrogen-bond donors (Lipinski definition) is 1. The minimum absolute atomic E-state index is 0.115. The van der Waals surface area contributed by atoms with E-state index in [1.165, 1.54) is 12.7 Å². The molecule has 8 nitrogen and oxygen atoms in total. The summed E-state index contributed by atoms with van der Waals surface area (Å²) in [5, 5.41) is 3.79. The normalized spacial score (nSPS) is 23.1. The van der Waals surface area contributed by atoms with Crippen LogP contribution in [0.4, 0.5) is 5.82 Å². The average molecular weight is 416 g/mol. The van der Waals surface area contributed by atoms with E-state index >= 15 is 0 Å². The molecule has 0 spiro atoms. The highest BCUT2D eigenvalue weighted by molar-refractivity contribution is 6.10. The molecule has 0 radical (unpaired) electrons. The molecule has 0 saturated carbocycles. The molecule has 0 bridgehead atoms. The van der Waals surface area contributed by atoms with Crippen LogP contribution in [0.5, 0.6) is 0 Å². The van der Waals surface area contributed by atoms with Crippen LogP contribution in [0.2, 0.25) is 0 Å². The zero-order valence-corrected chi connectivity index (χ0v) is 18.3. The number of rotatable bonds is 6. The van der Waals surface area contributed by atoms with Gasteiger partial charge in [0.25, 0.3) is 5.91 Å². The predicted molar refractivity (Wildman–Crippen MR) is 116 cm³/mol. The molecule has 2 aromatic heterocycles. The second-order valence-corrected chi connectivity index (χ2v) is 8.83. The minimum atomic E-state index is -0.115. The number of aryl methyl sites for hydroxylation is 1. The van der Waals surface area contributed by atoms with Crippen LogP contribution in [-0.4, -0.2) is 73.3 Å². The number of nitrogens with zero attached hydrogens (tertiary/aromatic N) is 4. The SMILES string of the molecule is Cc1oc2ncnc(N3CCOCC3)c2c1C(=O)NCCCN1C[C@H](C)C[C@@H](C)C1. The second kappa shape index (κ2) is 9.31. The van der Waals surface area contributed by atoms with Crippen molar-refractivity contribution in [1.29, 1.82) is 0 Å². The number of hydrogen-bond acceptors (Lipinski definition) is 7. The Hall–Kier alpha value is -2.19. The van der Waals surface area contributed by atoms with Crippen molar-refractivity contribution >= 4 is 22.8 Å². The smallest absolute Gasteiger partial charge is 0.255 e. The standard InChI is InChI=1S/C22H33N5O3/c1-15-11-16(2)13-26(12-15)6-4-5-23-21(28)18-17(3)30-22-19(18)20(24-14-25-22)27-7-9-29-10-8-27/h14-16H,4-13H2,1-3H3,(H,23,28)/t15-,16-/m1/s1. The molecule has 4 rings (SSSR count). The summed E-state index contributed by atoms with van der Waals surface area (Å²) < 4.78 is 11.3. The minimum Gasteiger partial charge on any atom is -0.442 e. The van der Waals surface area contributed by atoms with Gasteiger partial charge in [0.1, 0.15) is 17.9 Å². The Balaban J connectivity index is 1.42. The molecule has 2 saturated heterocycles. The summed E-state index contributed by atoms with van der Waals surface area (Å²) in [5.74, 6) is 2.72. The molecule has 4 heterocycles. The first-order chi connectivity index (χ1) is 14.5. The van der Waals surface area contributed by atoms with Gasteiger partial charge in [-0.1, -0.05) is 13.8 Å². The van der Waals surface area contributed by atoms with Crippen molar-refractivity contribution in [2.45, 2.75) is 33.6 Å².